The van der Waals surface area contributed by atoms with Gasteiger partial charge in [-0.3, -0.25) is 9.59 Å². The number of carbonyl (C=O) groups excluding carboxylic acids is 3. The van der Waals surface area contributed by atoms with E-state index >= 15 is 0 Å². The van der Waals surface area contributed by atoms with E-state index in [-0.39, 0.29) is 19.6 Å². The van der Waals surface area contributed by atoms with Gasteiger partial charge in [0, 0.05) is 18.9 Å². The highest BCUT2D eigenvalue weighted by Crippen LogP contribution is 2.30. The van der Waals surface area contributed by atoms with Crippen molar-refractivity contribution in [1.82, 2.24) is 9.97 Å². The van der Waals surface area contributed by atoms with E-state index in [1.54, 1.807) is 25.4 Å². The maximum absolute atomic E-state index is 12.3. The van der Waals surface area contributed by atoms with Crippen molar-refractivity contribution in [2.75, 3.05) is 30.4 Å². The van der Waals surface area contributed by atoms with Crippen molar-refractivity contribution < 1.29 is 23.9 Å². The number of anilines is 2. The third kappa shape index (κ3) is 7.43. The molecule has 0 saturated heterocycles. The quantitative estimate of drug-likeness (QED) is 0.518. The van der Waals surface area contributed by atoms with Gasteiger partial charge >= 0.3 is 11.9 Å². The molecular weight excluding hydrogens is 408 g/mol. The minimum atomic E-state index is -0.536. The van der Waals surface area contributed by atoms with Crippen molar-refractivity contribution in [2.24, 2.45) is 5.92 Å². The first-order valence-corrected chi connectivity index (χ1v) is 10.5. The lowest BCUT2D eigenvalue weighted by Gasteiger charge is -2.10. The van der Waals surface area contributed by atoms with Crippen molar-refractivity contribution in [2.45, 2.75) is 33.6 Å². The first-order valence-electron chi connectivity index (χ1n) is 9.64. The summed E-state index contributed by atoms with van der Waals surface area (Å²) in [5.41, 5.74) is 1.19. The number of hydrogen-bond donors (Lipinski definition) is 2. The highest BCUT2D eigenvalue weighted by molar-refractivity contribution is 7.15. The number of ether oxygens (including phenoxy) is 2. The lowest BCUT2D eigenvalue weighted by Crippen LogP contribution is -2.23. The van der Waals surface area contributed by atoms with Crippen LogP contribution in [0.1, 0.15) is 43.1 Å². The fourth-order valence-electron chi connectivity index (χ4n) is 2.55. The molecule has 0 bridgehead atoms. The summed E-state index contributed by atoms with van der Waals surface area (Å²) in [4.78, 5) is 44.3. The van der Waals surface area contributed by atoms with Crippen LogP contribution in [0.15, 0.2) is 23.8 Å². The Labute approximate surface area is 179 Å². The predicted octanol–water partition coefficient (Wildman–Crippen LogP) is 2.90. The zero-order valence-electron chi connectivity index (χ0n) is 17.3. The molecule has 0 fully saturated rings. The van der Waals surface area contributed by atoms with Crippen LogP contribution in [0.2, 0.25) is 0 Å². The maximum Gasteiger partial charge on any atom is 0.341 e. The molecule has 10 heteroatoms. The van der Waals surface area contributed by atoms with Crippen LogP contribution in [0.4, 0.5) is 10.9 Å². The van der Waals surface area contributed by atoms with Crippen molar-refractivity contribution >= 4 is 40.1 Å². The maximum atomic E-state index is 12.3. The largest absolute Gasteiger partial charge is 0.462 e. The van der Waals surface area contributed by atoms with Crippen LogP contribution in [-0.2, 0) is 25.5 Å². The Bertz CT molecular complexity index is 854. The number of esters is 2. The smallest absolute Gasteiger partial charge is 0.341 e. The average Bonchev–Trinajstić information content (AvgIpc) is 3.08. The number of nitrogens with one attached hydrogen (secondary N) is 2. The van der Waals surface area contributed by atoms with Crippen molar-refractivity contribution in [1.29, 1.82) is 0 Å². The normalized spacial score (nSPS) is 10.5. The summed E-state index contributed by atoms with van der Waals surface area (Å²) in [6.45, 7) is 5.89. The molecule has 162 valence electrons. The highest BCUT2D eigenvalue weighted by Gasteiger charge is 2.22. The Morgan fingerprint density at radius 2 is 1.90 bits per heavy atom. The molecule has 0 aromatic carbocycles. The van der Waals surface area contributed by atoms with E-state index in [1.807, 2.05) is 19.2 Å². The van der Waals surface area contributed by atoms with Crippen molar-refractivity contribution in [3.05, 3.63) is 35.0 Å². The standard InChI is InChI=1S/C20H26N4O5S/c1-4-28-19(27)17-14(10-13(2)3)12-30-18(17)24-15(25)11-29-16(26)6-9-23-20-21-7-5-8-22-20/h5,7-8,12-13H,4,6,9-11H2,1-3H3,(H,24,25)(H,21,22,23). The third-order valence-electron chi connectivity index (χ3n) is 3.77. The topological polar surface area (TPSA) is 120 Å². The van der Waals surface area contributed by atoms with E-state index in [4.69, 9.17) is 9.47 Å². The molecule has 0 unspecified atom stereocenters. The predicted molar refractivity (Wildman–Crippen MR) is 114 cm³/mol. The van der Waals surface area contributed by atoms with Gasteiger partial charge in [0.1, 0.15) is 5.00 Å². The van der Waals surface area contributed by atoms with Gasteiger partial charge in [-0.05, 0) is 36.3 Å². The molecule has 0 saturated carbocycles. The summed E-state index contributed by atoms with van der Waals surface area (Å²) in [5.74, 6) is -0.787. The molecular formula is C20H26N4O5S. The first-order chi connectivity index (χ1) is 14.4. The molecule has 0 aliphatic heterocycles. The third-order valence-corrected chi connectivity index (χ3v) is 4.71. The summed E-state index contributed by atoms with van der Waals surface area (Å²) in [6, 6.07) is 1.69. The number of aromatic nitrogens is 2. The van der Waals surface area contributed by atoms with Crippen LogP contribution in [0.3, 0.4) is 0 Å². The Morgan fingerprint density at radius 1 is 1.17 bits per heavy atom. The van der Waals surface area contributed by atoms with E-state index in [2.05, 4.69) is 20.6 Å². The average molecular weight is 435 g/mol. The highest BCUT2D eigenvalue weighted by atomic mass is 32.1. The molecule has 2 rings (SSSR count). The molecule has 0 aliphatic carbocycles. The van der Waals surface area contributed by atoms with E-state index in [9.17, 15) is 14.4 Å². The van der Waals surface area contributed by atoms with Gasteiger partial charge in [-0.25, -0.2) is 14.8 Å². The molecule has 2 aromatic rings. The molecule has 9 nitrogen and oxygen atoms in total. The Balaban J connectivity index is 1.85. The number of hydrogen-bond acceptors (Lipinski definition) is 9. The van der Waals surface area contributed by atoms with E-state index < -0.39 is 24.5 Å². The Kier molecular flexibility index (Phi) is 9.20. The molecule has 2 aromatic heterocycles. The summed E-state index contributed by atoms with van der Waals surface area (Å²) < 4.78 is 10.1. The minimum Gasteiger partial charge on any atom is -0.462 e. The number of thiophene rings is 1. The summed E-state index contributed by atoms with van der Waals surface area (Å²) in [5, 5.41) is 7.76. The summed E-state index contributed by atoms with van der Waals surface area (Å²) in [7, 11) is 0. The summed E-state index contributed by atoms with van der Waals surface area (Å²) >= 11 is 1.25. The van der Waals surface area contributed by atoms with Gasteiger partial charge in [-0.2, -0.15) is 0 Å². The second-order valence-electron chi connectivity index (χ2n) is 6.74. The zero-order valence-corrected chi connectivity index (χ0v) is 18.1. The van der Waals surface area contributed by atoms with E-state index in [1.165, 1.54) is 11.3 Å². The van der Waals surface area contributed by atoms with Crippen LogP contribution >= 0.6 is 11.3 Å². The lowest BCUT2D eigenvalue weighted by molar-refractivity contribution is -0.147. The summed E-state index contributed by atoms with van der Waals surface area (Å²) in [6.07, 6.45) is 3.91. The molecule has 30 heavy (non-hydrogen) atoms. The Morgan fingerprint density at radius 3 is 2.57 bits per heavy atom. The molecule has 2 N–H and O–H groups in total. The monoisotopic (exact) mass is 434 g/mol. The van der Waals surface area contributed by atoms with Crippen LogP contribution < -0.4 is 10.6 Å². The van der Waals surface area contributed by atoms with Gasteiger partial charge in [0.05, 0.1) is 18.6 Å². The van der Waals surface area contributed by atoms with Gasteiger partial charge < -0.3 is 20.1 Å². The van der Waals surface area contributed by atoms with Gasteiger partial charge in [0.25, 0.3) is 5.91 Å². The van der Waals surface area contributed by atoms with Crippen LogP contribution in [0.5, 0.6) is 0 Å². The second kappa shape index (κ2) is 11.9. The van der Waals surface area contributed by atoms with Crippen LogP contribution in [0.25, 0.3) is 0 Å². The van der Waals surface area contributed by atoms with E-state index in [0.717, 1.165) is 5.56 Å². The van der Waals surface area contributed by atoms with Crippen LogP contribution in [0, 0.1) is 5.92 Å². The van der Waals surface area contributed by atoms with Gasteiger partial charge in [-0.15, -0.1) is 11.3 Å². The van der Waals surface area contributed by atoms with Gasteiger partial charge in [-0.1, -0.05) is 13.8 Å². The lowest BCUT2D eigenvalue weighted by atomic mass is 10.0. The molecule has 0 radical (unpaired) electrons. The van der Waals surface area contributed by atoms with Gasteiger partial charge in [0.2, 0.25) is 5.95 Å². The SMILES string of the molecule is CCOC(=O)c1c(CC(C)C)csc1NC(=O)COC(=O)CCNc1ncccn1. The molecule has 0 spiro atoms. The molecule has 0 aliphatic rings. The number of rotatable bonds is 11. The minimum absolute atomic E-state index is 0.0527. The van der Waals surface area contributed by atoms with E-state index in [0.29, 0.717) is 28.9 Å². The molecule has 1 amide bonds. The second-order valence-corrected chi connectivity index (χ2v) is 7.62. The first kappa shape index (κ1) is 23.3. The number of amides is 1. The van der Waals surface area contributed by atoms with Crippen LogP contribution in [-0.4, -0.2) is 47.6 Å². The number of carbonyl (C=O) groups is 3. The molecule has 0 atom stereocenters. The number of nitrogens with zero attached hydrogens (tertiary/aromatic N) is 2. The van der Waals surface area contributed by atoms with Crippen molar-refractivity contribution in [3.63, 3.8) is 0 Å². The van der Waals surface area contributed by atoms with Gasteiger partial charge in [0.15, 0.2) is 6.61 Å². The fourth-order valence-corrected chi connectivity index (χ4v) is 3.53. The fraction of sp³-hybridized carbons (Fsp3) is 0.450. The zero-order chi connectivity index (χ0) is 21.9. The van der Waals surface area contributed by atoms with Crippen molar-refractivity contribution in [3.8, 4) is 0 Å². The molecule has 2 heterocycles. The Hall–Kier alpha value is -3.01.